The van der Waals surface area contributed by atoms with Crippen molar-refractivity contribution in [3.8, 4) is 5.75 Å². The van der Waals surface area contributed by atoms with Crippen LogP contribution in [-0.4, -0.2) is 36.6 Å². The molecule has 1 atom stereocenters. The first-order valence-electron chi connectivity index (χ1n) is 5.77. The van der Waals surface area contributed by atoms with Gasteiger partial charge in [-0.15, -0.1) is 0 Å². The van der Waals surface area contributed by atoms with Crippen LogP contribution in [0.4, 0.5) is 0 Å². The Kier molecular flexibility index (Phi) is 4.01. The van der Waals surface area contributed by atoms with Gasteiger partial charge in [-0.05, 0) is 19.1 Å². The summed E-state index contributed by atoms with van der Waals surface area (Å²) in [6.07, 6.45) is 0. The third kappa shape index (κ3) is 2.27. The number of hydrazone groups is 1. The van der Waals surface area contributed by atoms with Crippen molar-refractivity contribution < 1.29 is 14.3 Å². The summed E-state index contributed by atoms with van der Waals surface area (Å²) in [5, 5.41) is 5.52. The Morgan fingerprint density at radius 3 is 2.45 bits per heavy atom. The van der Waals surface area contributed by atoms with E-state index in [1.54, 1.807) is 13.0 Å². The molecule has 106 valence electrons. The van der Waals surface area contributed by atoms with E-state index in [2.05, 4.69) is 5.10 Å². The second-order valence-corrected chi connectivity index (χ2v) is 5.14. The average molecular weight is 315 g/mol. The molecule has 0 radical (unpaired) electrons. The predicted molar refractivity (Wildman–Crippen MR) is 76.6 cm³/mol. The summed E-state index contributed by atoms with van der Waals surface area (Å²) in [5.41, 5.74) is 0.507. The molecule has 1 aliphatic rings. The first-order valence-corrected chi connectivity index (χ1v) is 6.53. The lowest BCUT2D eigenvalue weighted by molar-refractivity contribution is -0.136. The second kappa shape index (κ2) is 5.42. The Morgan fingerprint density at radius 1 is 1.25 bits per heavy atom. The molecule has 0 aromatic heterocycles. The average Bonchev–Trinajstić information content (AvgIpc) is 2.41. The maximum absolute atomic E-state index is 12.3. The number of rotatable bonds is 2. The molecule has 0 N–H and O–H groups in total. The van der Waals surface area contributed by atoms with E-state index in [0.717, 1.165) is 5.01 Å². The number of likely N-dealkylation sites (N-methyl/N-ethyl adjacent to an activating group) is 1. The Hall–Kier alpha value is -1.59. The standard InChI is InChI=1S/C13H12Cl2N2O3/c1-6-11(18)10(13(19)17(2)16-6)9-7(14)4-5-8(15)12(9)20-3/h4-5,10H,1-3H3. The van der Waals surface area contributed by atoms with Crippen LogP contribution in [-0.2, 0) is 9.59 Å². The van der Waals surface area contributed by atoms with E-state index in [4.69, 9.17) is 27.9 Å². The zero-order chi connectivity index (χ0) is 15.0. The summed E-state index contributed by atoms with van der Waals surface area (Å²) >= 11 is 12.2. The predicted octanol–water partition coefficient (Wildman–Crippen LogP) is 2.50. The van der Waals surface area contributed by atoms with E-state index in [1.807, 2.05) is 0 Å². The van der Waals surface area contributed by atoms with Crippen LogP contribution in [0.2, 0.25) is 10.0 Å². The van der Waals surface area contributed by atoms with Crippen LogP contribution < -0.4 is 4.74 Å². The highest BCUT2D eigenvalue weighted by Gasteiger charge is 2.40. The second-order valence-electron chi connectivity index (χ2n) is 4.32. The zero-order valence-corrected chi connectivity index (χ0v) is 12.6. The lowest BCUT2D eigenvalue weighted by atomic mass is 9.89. The monoisotopic (exact) mass is 314 g/mol. The Balaban J connectivity index is 2.67. The van der Waals surface area contributed by atoms with Gasteiger partial charge in [0, 0.05) is 17.6 Å². The number of Topliss-reactive ketones (excluding diaryl/α,β-unsaturated/α-hetero) is 1. The molecule has 1 aliphatic heterocycles. The maximum Gasteiger partial charge on any atom is 0.258 e. The van der Waals surface area contributed by atoms with Crippen LogP contribution >= 0.6 is 23.2 Å². The van der Waals surface area contributed by atoms with Gasteiger partial charge >= 0.3 is 0 Å². The first-order chi connectivity index (χ1) is 9.38. The number of ketones is 1. The maximum atomic E-state index is 12.3. The van der Waals surface area contributed by atoms with Crippen LogP contribution in [0.3, 0.4) is 0 Å². The van der Waals surface area contributed by atoms with E-state index in [9.17, 15) is 9.59 Å². The Bertz CT molecular complexity index is 628. The van der Waals surface area contributed by atoms with Crippen LogP contribution in [0.25, 0.3) is 0 Å². The Morgan fingerprint density at radius 2 is 1.85 bits per heavy atom. The summed E-state index contributed by atoms with van der Waals surface area (Å²) in [6, 6.07) is 3.08. The molecule has 1 unspecified atom stereocenters. The fourth-order valence-electron chi connectivity index (χ4n) is 2.11. The third-order valence-electron chi connectivity index (χ3n) is 3.07. The van der Waals surface area contributed by atoms with Crippen molar-refractivity contribution in [1.82, 2.24) is 5.01 Å². The number of methoxy groups -OCH3 is 1. The fourth-order valence-corrected chi connectivity index (χ4v) is 2.61. The number of ether oxygens (including phenoxy) is 1. The number of halogens is 2. The van der Waals surface area contributed by atoms with E-state index < -0.39 is 17.6 Å². The van der Waals surface area contributed by atoms with Crippen molar-refractivity contribution in [2.24, 2.45) is 5.10 Å². The van der Waals surface area contributed by atoms with Crippen molar-refractivity contribution in [2.75, 3.05) is 14.2 Å². The van der Waals surface area contributed by atoms with E-state index in [0.29, 0.717) is 0 Å². The van der Waals surface area contributed by atoms with Crippen LogP contribution in [0, 0.1) is 0 Å². The number of benzene rings is 1. The normalized spacial score (nSPS) is 19.1. The van der Waals surface area contributed by atoms with Crippen molar-refractivity contribution in [1.29, 1.82) is 0 Å². The molecule has 1 heterocycles. The van der Waals surface area contributed by atoms with Gasteiger partial charge in [-0.1, -0.05) is 23.2 Å². The molecule has 0 aliphatic carbocycles. The molecule has 1 amide bonds. The fraction of sp³-hybridized carbons (Fsp3) is 0.308. The number of carbonyl (C=O) groups is 2. The highest BCUT2D eigenvalue weighted by Crippen LogP contribution is 2.40. The summed E-state index contributed by atoms with van der Waals surface area (Å²) in [6.45, 7) is 1.54. The van der Waals surface area contributed by atoms with Crippen LogP contribution in [0.15, 0.2) is 17.2 Å². The molecule has 1 aromatic carbocycles. The molecule has 1 aromatic rings. The minimum atomic E-state index is -1.08. The van der Waals surface area contributed by atoms with Crippen molar-refractivity contribution in [2.45, 2.75) is 12.8 Å². The molecule has 7 heteroatoms. The minimum Gasteiger partial charge on any atom is -0.495 e. The van der Waals surface area contributed by atoms with Gasteiger partial charge in [0.05, 0.1) is 12.1 Å². The number of hydrogen-bond acceptors (Lipinski definition) is 4. The summed E-state index contributed by atoms with van der Waals surface area (Å²) in [7, 11) is 2.89. The molecular weight excluding hydrogens is 303 g/mol. The topological polar surface area (TPSA) is 59.0 Å². The minimum absolute atomic E-state index is 0.231. The van der Waals surface area contributed by atoms with Crippen LogP contribution in [0.1, 0.15) is 18.4 Å². The van der Waals surface area contributed by atoms with Crippen LogP contribution in [0.5, 0.6) is 5.75 Å². The van der Waals surface area contributed by atoms with E-state index >= 15 is 0 Å². The Labute approximate surface area is 126 Å². The smallest absolute Gasteiger partial charge is 0.258 e. The van der Waals surface area contributed by atoms with Gasteiger partial charge < -0.3 is 4.74 Å². The van der Waals surface area contributed by atoms with Gasteiger partial charge in [0.25, 0.3) is 5.91 Å². The van der Waals surface area contributed by atoms with Gasteiger partial charge in [0.1, 0.15) is 17.4 Å². The van der Waals surface area contributed by atoms with Crippen molar-refractivity contribution in [3.63, 3.8) is 0 Å². The number of carbonyl (C=O) groups excluding carboxylic acids is 2. The van der Waals surface area contributed by atoms with Gasteiger partial charge in [0.15, 0.2) is 5.78 Å². The lowest BCUT2D eigenvalue weighted by Gasteiger charge is -2.26. The van der Waals surface area contributed by atoms with E-state index in [-0.39, 0.29) is 27.1 Å². The first kappa shape index (κ1) is 14.8. The van der Waals surface area contributed by atoms with Gasteiger partial charge in [-0.3, -0.25) is 9.59 Å². The molecule has 0 saturated carbocycles. The molecule has 5 nitrogen and oxygen atoms in total. The quantitative estimate of drug-likeness (QED) is 0.788. The molecule has 0 bridgehead atoms. The molecule has 0 fully saturated rings. The summed E-state index contributed by atoms with van der Waals surface area (Å²) in [5.74, 6) is -1.73. The van der Waals surface area contributed by atoms with Crippen molar-refractivity contribution in [3.05, 3.63) is 27.7 Å². The summed E-state index contributed by atoms with van der Waals surface area (Å²) < 4.78 is 5.20. The van der Waals surface area contributed by atoms with Gasteiger partial charge in [0.2, 0.25) is 0 Å². The largest absolute Gasteiger partial charge is 0.495 e. The zero-order valence-electron chi connectivity index (χ0n) is 11.1. The highest BCUT2D eigenvalue weighted by molar-refractivity contribution is 6.47. The number of amides is 1. The van der Waals surface area contributed by atoms with Gasteiger partial charge in [-0.25, -0.2) is 5.01 Å². The SMILES string of the molecule is COc1c(Cl)ccc(Cl)c1C1C(=O)C(C)=NN(C)C1=O. The van der Waals surface area contributed by atoms with E-state index in [1.165, 1.54) is 20.2 Å². The molecular formula is C13H12Cl2N2O3. The summed E-state index contributed by atoms with van der Waals surface area (Å²) in [4.78, 5) is 24.5. The number of nitrogens with zero attached hydrogens (tertiary/aromatic N) is 2. The van der Waals surface area contributed by atoms with Gasteiger partial charge in [-0.2, -0.15) is 5.10 Å². The molecule has 0 saturated heterocycles. The molecule has 20 heavy (non-hydrogen) atoms. The van der Waals surface area contributed by atoms with Crippen molar-refractivity contribution >= 4 is 40.6 Å². The highest BCUT2D eigenvalue weighted by atomic mass is 35.5. The lowest BCUT2D eigenvalue weighted by Crippen LogP contribution is -2.41. The molecule has 2 rings (SSSR count). The number of hydrogen-bond donors (Lipinski definition) is 0. The third-order valence-corrected chi connectivity index (χ3v) is 3.70. The molecule has 0 spiro atoms.